The molecule has 0 aromatic heterocycles. The van der Waals surface area contributed by atoms with Crippen molar-refractivity contribution in [2.75, 3.05) is 7.11 Å². The van der Waals surface area contributed by atoms with Crippen LogP contribution < -0.4 is 4.74 Å². The Labute approximate surface area is 79.5 Å². The minimum absolute atomic E-state index is 0.257. The first kappa shape index (κ1) is 11.9. The van der Waals surface area contributed by atoms with Gasteiger partial charge in [0.25, 0.3) is 0 Å². The van der Waals surface area contributed by atoms with Crippen LogP contribution in [-0.4, -0.2) is 7.11 Å². The molecule has 0 atom stereocenters. The first-order chi connectivity index (χ1) is 6.16. The van der Waals surface area contributed by atoms with E-state index in [9.17, 15) is 4.39 Å². The number of methoxy groups -OCH3 is 1. The molecule has 0 aliphatic heterocycles. The molecule has 0 amide bonds. The molecular formula is C11H17FO. The van der Waals surface area contributed by atoms with Crippen molar-refractivity contribution in [3.63, 3.8) is 0 Å². The van der Waals surface area contributed by atoms with Gasteiger partial charge in [0.2, 0.25) is 0 Å². The summed E-state index contributed by atoms with van der Waals surface area (Å²) < 4.78 is 17.9. The third-order valence-corrected chi connectivity index (χ3v) is 1.84. The van der Waals surface area contributed by atoms with Gasteiger partial charge in [0.1, 0.15) is 0 Å². The SMILES string of the molecule is CC.COc1ccc(C)c(C)c1F. The fraction of sp³-hybridized carbons (Fsp3) is 0.455. The Morgan fingerprint density at radius 2 is 1.69 bits per heavy atom. The van der Waals surface area contributed by atoms with E-state index in [2.05, 4.69) is 0 Å². The Balaban J connectivity index is 0.000000671. The fourth-order valence-corrected chi connectivity index (χ4v) is 0.914. The minimum atomic E-state index is -0.257. The molecule has 0 saturated heterocycles. The van der Waals surface area contributed by atoms with E-state index in [1.165, 1.54) is 7.11 Å². The van der Waals surface area contributed by atoms with E-state index >= 15 is 0 Å². The van der Waals surface area contributed by atoms with Crippen molar-refractivity contribution in [2.45, 2.75) is 27.7 Å². The van der Waals surface area contributed by atoms with Gasteiger partial charge in [-0.25, -0.2) is 4.39 Å². The Hall–Kier alpha value is -1.05. The second-order valence-electron chi connectivity index (χ2n) is 2.52. The first-order valence-corrected chi connectivity index (χ1v) is 4.46. The molecule has 0 spiro atoms. The van der Waals surface area contributed by atoms with Crippen LogP contribution in [0, 0.1) is 19.7 Å². The molecule has 0 aliphatic carbocycles. The third-order valence-electron chi connectivity index (χ3n) is 1.84. The predicted molar refractivity (Wildman–Crippen MR) is 53.8 cm³/mol. The summed E-state index contributed by atoms with van der Waals surface area (Å²) >= 11 is 0. The Kier molecular flexibility index (Phi) is 5.12. The molecule has 74 valence electrons. The monoisotopic (exact) mass is 184 g/mol. The molecule has 13 heavy (non-hydrogen) atoms. The highest BCUT2D eigenvalue weighted by Gasteiger charge is 2.06. The maximum absolute atomic E-state index is 13.1. The van der Waals surface area contributed by atoms with E-state index in [1.807, 2.05) is 26.8 Å². The van der Waals surface area contributed by atoms with Crippen molar-refractivity contribution in [2.24, 2.45) is 0 Å². The van der Waals surface area contributed by atoms with E-state index in [0.29, 0.717) is 11.3 Å². The molecule has 0 N–H and O–H groups in total. The van der Waals surface area contributed by atoms with Gasteiger partial charge in [0.05, 0.1) is 7.11 Å². The smallest absolute Gasteiger partial charge is 0.168 e. The zero-order valence-corrected chi connectivity index (χ0v) is 8.94. The van der Waals surface area contributed by atoms with Crippen molar-refractivity contribution in [1.29, 1.82) is 0 Å². The van der Waals surface area contributed by atoms with Gasteiger partial charge in [-0.15, -0.1) is 0 Å². The number of hydrogen-bond acceptors (Lipinski definition) is 1. The molecule has 1 nitrogen and oxygen atoms in total. The van der Waals surface area contributed by atoms with Crippen molar-refractivity contribution < 1.29 is 9.13 Å². The van der Waals surface area contributed by atoms with Crippen LogP contribution >= 0.6 is 0 Å². The van der Waals surface area contributed by atoms with Crippen molar-refractivity contribution in [1.82, 2.24) is 0 Å². The lowest BCUT2D eigenvalue weighted by Gasteiger charge is -2.05. The molecular weight excluding hydrogens is 167 g/mol. The molecule has 0 heterocycles. The lowest BCUT2D eigenvalue weighted by atomic mass is 10.1. The summed E-state index contributed by atoms with van der Waals surface area (Å²) in [6.45, 7) is 7.62. The van der Waals surface area contributed by atoms with E-state index < -0.39 is 0 Å². The summed E-state index contributed by atoms with van der Waals surface area (Å²) in [5, 5.41) is 0. The van der Waals surface area contributed by atoms with Gasteiger partial charge in [-0.3, -0.25) is 0 Å². The van der Waals surface area contributed by atoms with Crippen molar-refractivity contribution in [3.05, 3.63) is 29.1 Å². The maximum Gasteiger partial charge on any atom is 0.168 e. The van der Waals surface area contributed by atoms with Crippen LogP contribution in [-0.2, 0) is 0 Å². The van der Waals surface area contributed by atoms with Crippen LogP contribution in [0.5, 0.6) is 5.75 Å². The van der Waals surface area contributed by atoms with E-state index in [0.717, 1.165) is 5.56 Å². The predicted octanol–water partition coefficient (Wildman–Crippen LogP) is 3.48. The quantitative estimate of drug-likeness (QED) is 0.649. The minimum Gasteiger partial charge on any atom is -0.494 e. The Morgan fingerprint density at radius 3 is 2.15 bits per heavy atom. The molecule has 0 bridgehead atoms. The lowest BCUT2D eigenvalue weighted by molar-refractivity contribution is 0.385. The van der Waals surface area contributed by atoms with Crippen molar-refractivity contribution >= 4 is 0 Å². The summed E-state index contributed by atoms with van der Waals surface area (Å²) in [5.74, 6) is 0.0561. The zero-order valence-electron chi connectivity index (χ0n) is 8.94. The molecule has 0 aliphatic rings. The van der Waals surface area contributed by atoms with Crippen LogP contribution in [0.1, 0.15) is 25.0 Å². The van der Waals surface area contributed by atoms with Gasteiger partial charge in [0, 0.05) is 0 Å². The molecule has 1 aromatic carbocycles. The highest BCUT2D eigenvalue weighted by Crippen LogP contribution is 2.21. The summed E-state index contributed by atoms with van der Waals surface area (Å²) in [6.07, 6.45) is 0. The standard InChI is InChI=1S/C9H11FO.C2H6/c1-6-4-5-8(11-3)9(10)7(6)2;1-2/h4-5H,1-3H3;1-2H3. The van der Waals surface area contributed by atoms with Gasteiger partial charge in [-0.05, 0) is 31.0 Å². The molecule has 0 radical (unpaired) electrons. The average Bonchev–Trinajstić information content (AvgIpc) is 2.18. The molecule has 1 rings (SSSR count). The van der Waals surface area contributed by atoms with Gasteiger partial charge < -0.3 is 4.74 Å². The van der Waals surface area contributed by atoms with Gasteiger partial charge in [-0.1, -0.05) is 19.9 Å². The number of benzene rings is 1. The van der Waals surface area contributed by atoms with Crippen LogP contribution in [0.4, 0.5) is 4.39 Å². The highest BCUT2D eigenvalue weighted by atomic mass is 19.1. The van der Waals surface area contributed by atoms with E-state index in [-0.39, 0.29) is 5.82 Å². The molecule has 0 saturated carbocycles. The summed E-state index contributed by atoms with van der Waals surface area (Å²) in [5.41, 5.74) is 1.60. The molecule has 2 heteroatoms. The van der Waals surface area contributed by atoms with Crippen LogP contribution in [0.3, 0.4) is 0 Å². The zero-order chi connectivity index (χ0) is 10.4. The molecule has 1 aromatic rings. The fourth-order valence-electron chi connectivity index (χ4n) is 0.914. The lowest BCUT2D eigenvalue weighted by Crippen LogP contribution is -1.92. The molecule has 0 unspecified atom stereocenters. The van der Waals surface area contributed by atoms with Crippen LogP contribution in [0.25, 0.3) is 0 Å². The second-order valence-corrected chi connectivity index (χ2v) is 2.52. The van der Waals surface area contributed by atoms with Crippen LogP contribution in [0.15, 0.2) is 12.1 Å². The number of aryl methyl sites for hydroxylation is 1. The largest absolute Gasteiger partial charge is 0.494 e. The third kappa shape index (κ3) is 2.72. The van der Waals surface area contributed by atoms with Gasteiger partial charge in [0.15, 0.2) is 11.6 Å². The molecule has 0 fully saturated rings. The van der Waals surface area contributed by atoms with Crippen molar-refractivity contribution in [3.8, 4) is 5.75 Å². The maximum atomic E-state index is 13.1. The van der Waals surface area contributed by atoms with Crippen LogP contribution in [0.2, 0.25) is 0 Å². The number of hydrogen-bond donors (Lipinski definition) is 0. The number of rotatable bonds is 1. The highest BCUT2D eigenvalue weighted by molar-refractivity contribution is 5.35. The first-order valence-electron chi connectivity index (χ1n) is 4.46. The summed E-state index contributed by atoms with van der Waals surface area (Å²) in [7, 11) is 1.47. The number of halogens is 1. The van der Waals surface area contributed by atoms with E-state index in [1.54, 1.807) is 13.0 Å². The van der Waals surface area contributed by atoms with Gasteiger partial charge in [-0.2, -0.15) is 0 Å². The normalized spacial score (nSPS) is 8.77. The Bertz CT molecular complexity index is 269. The average molecular weight is 184 g/mol. The second kappa shape index (κ2) is 5.57. The van der Waals surface area contributed by atoms with Gasteiger partial charge >= 0.3 is 0 Å². The van der Waals surface area contributed by atoms with E-state index in [4.69, 9.17) is 4.74 Å². The summed E-state index contributed by atoms with van der Waals surface area (Å²) in [6, 6.07) is 3.48. The summed E-state index contributed by atoms with van der Waals surface area (Å²) in [4.78, 5) is 0. The number of ether oxygens (including phenoxy) is 1. The Morgan fingerprint density at radius 1 is 1.15 bits per heavy atom. The topological polar surface area (TPSA) is 9.23 Å².